The number of aryl methyl sites for hydroxylation is 2. The molecule has 1 N–H and O–H groups in total. The average Bonchev–Trinajstić information content (AvgIpc) is 3.02. The summed E-state index contributed by atoms with van der Waals surface area (Å²) in [7, 11) is 0. The number of carbonyl (C=O) groups is 1. The van der Waals surface area contributed by atoms with Gasteiger partial charge in [-0.1, -0.05) is 18.2 Å². The molecule has 0 bridgehead atoms. The highest BCUT2D eigenvalue weighted by atomic mass is 16.5. The third-order valence-electron chi connectivity index (χ3n) is 4.14. The molecule has 5 heteroatoms. The Balaban J connectivity index is 1.61. The maximum Gasteiger partial charge on any atom is 0.251 e. The predicted octanol–water partition coefficient (Wildman–Crippen LogP) is 4.28. The van der Waals surface area contributed by atoms with Gasteiger partial charge in [-0.15, -0.1) is 0 Å². The Morgan fingerprint density at radius 3 is 2.70 bits per heavy atom. The van der Waals surface area contributed by atoms with Crippen molar-refractivity contribution in [3.05, 3.63) is 88.4 Å². The van der Waals surface area contributed by atoms with Gasteiger partial charge in [0, 0.05) is 17.7 Å². The number of hydrogen-bond donors (Lipinski definition) is 1. The van der Waals surface area contributed by atoms with Crippen molar-refractivity contribution >= 4 is 5.91 Å². The van der Waals surface area contributed by atoms with Crippen molar-refractivity contribution in [1.82, 2.24) is 5.32 Å². The number of carbonyl (C=O) groups excluding carboxylic acids is 1. The zero-order valence-corrected chi connectivity index (χ0v) is 15.3. The number of nitrogens with zero attached hydrogens (tertiary/aromatic N) is 1. The van der Waals surface area contributed by atoms with E-state index in [2.05, 4.69) is 11.4 Å². The summed E-state index contributed by atoms with van der Waals surface area (Å²) in [6.07, 6.45) is 0. The van der Waals surface area contributed by atoms with E-state index < -0.39 is 0 Å². The van der Waals surface area contributed by atoms with E-state index in [0.717, 1.165) is 22.6 Å². The lowest BCUT2D eigenvalue weighted by Gasteiger charge is -2.09. The molecule has 0 radical (unpaired) electrons. The first-order chi connectivity index (χ1) is 13.0. The normalized spacial score (nSPS) is 10.3. The molecule has 0 saturated carbocycles. The third kappa shape index (κ3) is 4.77. The summed E-state index contributed by atoms with van der Waals surface area (Å²) < 4.78 is 11.2. The molecule has 136 valence electrons. The van der Waals surface area contributed by atoms with E-state index in [1.807, 2.05) is 32.0 Å². The summed E-state index contributed by atoms with van der Waals surface area (Å²) in [6.45, 7) is 4.50. The number of hydrogen-bond acceptors (Lipinski definition) is 4. The fraction of sp³-hybridized carbons (Fsp3) is 0.182. The second-order valence-electron chi connectivity index (χ2n) is 6.25. The van der Waals surface area contributed by atoms with Crippen molar-refractivity contribution in [2.75, 3.05) is 0 Å². The minimum absolute atomic E-state index is 0.151. The van der Waals surface area contributed by atoms with Gasteiger partial charge in [0.15, 0.2) is 0 Å². The second-order valence-corrected chi connectivity index (χ2v) is 6.25. The molecule has 0 aliphatic rings. The van der Waals surface area contributed by atoms with Crippen molar-refractivity contribution in [1.29, 1.82) is 5.26 Å². The van der Waals surface area contributed by atoms with Crippen LogP contribution in [0.2, 0.25) is 0 Å². The molecule has 1 aromatic heterocycles. The molecule has 0 unspecified atom stereocenters. The lowest BCUT2D eigenvalue weighted by atomic mass is 10.1. The average molecular weight is 360 g/mol. The van der Waals surface area contributed by atoms with Gasteiger partial charge >= 0.3 is 0 Å². The quantitative estimate of drug-likeness (QED) is 0.712. The maximum absolute atomic E-state index is 12.4. The lowest BCUT2D eigenvalue weighted by molar-refractivity contribution is 0.0950. The van der Waals surface area contributed by atoms with Gasteiger partial charge in [-0.05, 0) is 55.8 Å². The summed E-state index contributed by atoms with van der Waals surface area (Å²) in [5.74, 6) is 2.11. The van der Waals surface area contributed by atoms with Crippen molar-refractivity contribution in [2.45, 2.75) is 27.0 Å². The molecule has 0 aliphatic heterocycles. The summed E-state index contributed by atoms with van der Waals surface area (Å²) in [5, 5.41) is 11.8. The molecule has 1 heterocycles. The number of nitriles is 1. The van der Waals surface area contributed by atoms with Crippen LogP contribution in [0.25, 0.3) is 0 Å². The zero-order valence-electron chi connectivity index (χ0n) is 15.3. The summed E-state index contributed by atoms with van der Waals surface area (Å²) in [6, 6.07) is 18.3. The van der Waals surface area contributed by atoms with E-state index in [9.17, 15) is 4.79 Å². The standard InChI is InChI=1S/C22H20N2O3/c1-15-9-20(16(2)27-15)13-24-22(25)19-7-3-6-18(10-19)14-26-21-8-4-5-17(11-21)12-23/h3-11H,13-14H2,1-2H3,(H,24,25). The second kappa shape index (κ2) is 8.24. The van der Waals surface area contributed by atoms with Gasteiger partial charge in [0.2, 0.25) is 0 Å². The van der Waals surface area contributed by atoms with Gasteiger partial charge in [-0.3, -0.25) is 4.79 Å². The first kappa shape index (κ1) is 18.3. The van der Waals surface area contributed by atoms with Crippen LogP contribution in [0.5, 0.6) is 5.75 Å². The molecule has 5 nitrogen and oxygen atoms in total. The topological polar surface area (TPSA) is 75.3 Å². The number of nitrogens with one attached hydrogen (secondary N) is 1. The van der Waals surface area contributed by atoms with Crippen molar-refractivity contribution < 1.29 is 13.9 Å². The summed E-state index contributed by atoms with van der Waals surface area (Å²) >= 11 is 0. The molecule has 2 aromatic carbocycles. The Kier molecular flexibility index (Phi) is 5.58. The van der Waals surface area contributed by atoms with E-state index in [-0.39, 0.29) is 5.91 Å². The Bertz CT molecular complexity index is 999. The van der Waals surface area contributed by atoms with Gasteiger partial charge in [-0.2, -0.15) is 5.26 Å². The largest absolute Gasteiger partial charge is 0.489 e. The molecule has 3 aromatic rings. The molecule has 3 rings (SSSR count). The predicted molar refractivity (Wildman–Crippen MR) is 101 cm³/mol. The molecule has 27 heavy (non-hydrogen) atoms. The first-order valence-electron chi connectivity index (χ1n) is 8.61. The highest BCUT2D eigenvalue weighted by molar-refractivity contribution is 5.94. The molecular weight excluding hydrogens is 340 g/mol. The van der Waals surface area contributed by atoms with Crippen molar-refractivity contribution in [3.63, 3.8) is 0 Å². The molecule has 0 fully saturated rings. The Morgan fingerprint density at radius 1 is 1.15 bits per heavy atom. The summed E-state index contributed by atoms with van der Waals surface area (Å²) in [4.78, 5) is 12.4. The lowest BCUT2D eigenvalue weighted by Crippen LogP contribution is -2.23. The van der Waals surface area contributed by atoms with Crippen LogP contribution in [0.4, 0.5) is 0 Å². The number of rotatable bonds is 6. The van der Waals surface area contributed by atoms with E-state index >= 15 is 0 Å². The van der Waals surface area contributed by atoms with Gasteiger partial charge in [0.05, 0.1) is 11.6 Å². The van der Waals surface area contributed by atoms with E-state index in [0.29, 0.717) is 30.0 Å². The van der Waals surface area contributed by atoms with Gasteiger partial charge in [0.1, 0.15) is 23.9 Å². The van der Waals surface area contributed by atoms with E-state index in [4.69, 9.17) is 14.4 Å². The maximum atomic E-state index is 12.4. The Labute approximate surface area is 158 Å². The van der Waals surface area contributed by atoms with Crippen LogP contribution in [0.15, 0.2) is 59.0 Å². The van der Waals surface area contributed by atoms with Crippen LogP contribution in [0.1, 0.15) is 38.6 Å². The fourth-order valence-corrected chi connectivity index (χ4v) is 2.76. The third-order valence-corrected chi connectivity index (χ3v) is 4.14. The minimum Gasteiger partial charge on any atom is -0.489 e. The van der Waals surface area contributed by atoms with Crippen LogP contribution in [-0.4, -0.2) is 5.91 Å². The van der Waals surface area contributed by atoms with Gasteiger partial charge in [-0.25, -0.2) is 0 Å². The highest BCUT2D eigenvalue weighted by Crippen LogP contribution is 2.16. The Hall–Kier alpha value is -3.52. The molecule has 0 spiro atoms. The van der Waals surface area contributed by atoms with Crippen LogP contribution >= 0.6 is 0 Å². The van der Waals surface area contributed by atoms with E-state index in [1.54, 1.807) is 36.4 Å². The van der Waals surface area contributed by atoms with Crippen molar-refractivity contribution in [2.24, 2.45) is 0 Å². The molecular formula is C22H20N2O3. The van der Waals surface area contributed by atoms with Crippen LogP contribution in [0.3, 0.4) is 0 Å². The van der Waals surface area contributed by atoms with Gasteiger partial charge < -0.3 is 14.5 Å². The van der Waals surface area contributed by atoms with E-state index in [1.165, 1.54) is 0 Å². The summed E-state index contributed by atoms with van der Waals surface area (Å²) in [5.41, 5.74) is 2.96. The number of amides is 1. The number of benzene rings is 2. The van der Waals surface area contributed by atoms with Crippen LogP contribution in [0, 0.1) is 25.2 Å². The van der Waals surface area contributed by atoms with Gasteiger partial charge in [0.25, 0.3) is 5.91 Å². The monoisotopic (exact) mass is 360 g/mol. The SMILES string of the molecule is Cc1cc(CNC(=O)c2cccc(COc3cccc(C#N)c3)c2)c(C)o1. The smallest absolute Gasteiger partial charge is 0.251 e. The highest BCUT2D eigenvalue weighted by Gasteiger charge is 2.09. The van der Waals surface area contributed by atoms with Crippen LogP contribution in [-0.2, 0) is 13.2 Å². The van der Waals surface area contributed by atoms with Crippen molar-refractivity contribution in [3.8, 4) is 11.8 Å². The molecule has 0 atom stereocenters. The molecule has 0 saturated heterocycles. The van der Waals surface area contributed by atoms with Crippen LogP contribution < -0.4 is 10.1 Å². The minimum atomic E-state index is -0.151. The number of furan rings is 1. The number of ether oxygens (including phenoxy) is 1. The molecule has 1 amide bonds. The molecule has 0 aliphatic carbocycles. The zero-order chi connectivity index (χ0) is 19.2. The fourth-order valence-electron chi connectivity index (χ4n) is 2.76. The first-order valence-corrected chi connectivity index (χ1v) is 8.61. The Morgan fingerprint density at radius 2 is 1.96 bits per heavy atom.